The molecule has 0 aromatic carbocycles. The highest BCUT2D eigenvalue weighted by Crippen LogP contribution is 2.42. The first kappa shape index (κ1) is 24.8. The number of halogens is 1. The molecule has 9 heteroatoms. The maximum absolute atomic E-state index is 12.4. The molecule has 2 rings (SSSR count). The van der Waals surface area contributed by atoms with Gasteiger partial charge in [-0.15, -0.1) is 0 Å². The summed E-state index contributed by atoms with van der Waals surface area (Å²) in [7, 11) is -0.471. The molecule has 1 N–H and O–H groups in total. The van der Waals surface area contributed by atoms with Gasteiger partial charge in [-0.1, -0.05) is 50.3 Å². The SMILES string of the molecule is COC1C(O[Si](C)(C)C(C)(C)C)[C@@H](CCC[C@@H](C)I)O[C@H]1n1ccc(=O)[nH]c1=O. The van der Waals surface area contributed by atoms with Gasteiger partial charge in [0.05, 0.1) is 6.10 Å². The van der Waals surface area contributed by atoms with Gasteiger partial charge >= 0.3 is 5.69 Å². The van der Waals surface area contributed by atoms with Crippen molar-refractivity contribution in [3.63, 3.8) is 0 Å². The van der Waals surface area contributed by atoms with Gasteiger partial charge in [-0.05, 0) is 37.4 Å². The lowest BCUT2D eigenvalue weighted by Gasteiger charge is -2.40. The van der Waals surface area contributed by atoms with Crippen LogP contribution < -0.4 is 11.2 Å². The van der Waals surface area contributed by atoms with Crippen LogP contribution in [0.15, 0.2) is 21.9 Å². The average molecular weight is 538 g/mol. The Morgan fingerprint density at radius 3 is 2.48 bits per heavy atom. The molecule has 1 aliphatic rings. The van der Waals surface area contributed by atoms with E-state index in [4.69, 9.17) is 13.9 Å². The standard InChI is InChI=1S/C20H35IN2O5Si/c1-13(21)9-8-10-14-16(28-29(6,7)20(2,3)4)17(26-5)18(27-14)23-12-11-15(24)22-19(23)25/h11-14,16-18H,8-10H2,1-7H3,(H,22,24,25)/t13-,14-,16?,17?,18-/m1/s1. The molecule has 0 radical (unpaired) electrons. The lowest BCUT2D eigenvalue weighted by Crippen LogP contribution is -2.49. The molecule has 0 bridgehead atoms. The van der Waals surface area contributed by atoms with Crippen molar-refractivity contribution in [1.29, 1.82) is 0 Å². The number of ether oxygens (including phenoxy) is 2. The van der Waals surface area contributed by atoms with E-state index >= 15 is 0 Å². The number of rotatable bonds is 8. The third kappa shape index (κ3) is 6.02. The van der Waals surface area contributed by atoms with Crippen molar-refractivity contribution < 1.29 is 13.9 Å². The first-order valence-electron chi connectivity index (χ1n) is 10.2. The van der Waals surface area contributed by atoms with Gasteiger partial charge in [0.2, 0.25) is 0 Å². The predicted octanol–water partition coefficient (Wildman–Crippen LogP) is 3.83. The van der Waals surface area contributed by atoms with Crippen LogP contribution in [-0.4, -0.2) is 47.2 Å². The highest BCUT2D eigenvalue weighted by molar-refractivity contribution is 14.1. The number of aromatic amines is 1. The number of hydrogen-bond acceptors (Lipinski definition) is 5. The van der Waals surface area contributed by atoms with Crippen molar-refractivity contribution in [2.45, 2.75) is 93.6 Å². The summed E-state index contributed by atoms with van der Waals surface area (Å²) >= 11 is 2.43. The average Bonchev–Trinajstić information content (AvgIpc) is 2.90. The van der Waals surface area contributed by atoms with Gasteiger partial charge in [0.25, 0.3) is 5.56 Å². The number of nitrogens with zero attached hydrogens (tertiary/aromatic N) is 1. The number of alkyl halides is 1. The van der Waals surface area contributed by atoms with Crippen LogP contribution in [0.2, 0.25) is 18.1 Å². The number of nitrogens with one attached hydrogen (secondary N) is 1. The minimum atomic E-state index is -2.09. The van der Waals surface area contributed by atoms with E-state index in [0.717, 1.165) is 19.3 Å². The van der Waals surface area contributed by atoms with E-state index in [2.05, 4.69) is 68.4 Å². The molecule has 0 aliphatic carbocycles. The number of hydrogen-bond donors (Lipinski definition) is 1. The van der Waals surface area contributed by atoms with E-state index in [0.29, 0.717) is 3.92 Å². The number of methoxy groups -OCH3 is 1. The van der Waals surface area contributed by atoms with Gasteiger partial charge in [-0.2, -0.15) is 0 Å². The van der Waals surface area contributed by atoms with Gasteiger partial charge in [0.15, 0.2) is 14.5 Å². The molecule has 166 valence electrons. The number of aromatic nitrogens is 2. The van der Waals surface area contributed by atoms with Gasteiger partial charge in [-0.3, -0.25) is 14.3 Å². The highest BCUT2D eigenvalue weighted by Gasteiger charge is 2.51. The molecule has 29 heavy (non-hydrogen) atoms. The van der Waals surface area contributed by atoms with E-state index in [1.807, 2.05) is 0 Å². The Morgan fingerprint density at radius 1 is 1.31 bits per heavy atom. The topological polar surface area (TPSA) is 82.6 Å². The van der Waals surface area contributed by atoms with Crippen molar-refractivity contribution in [2.75, 3.05) is 7.11 Å². The van der Waals surface area contributed by atoms with E-state index in [1.165, 1.54) is 16.8 Å². The molecule has 7 nitrogen and oxygen atoms in total. The molecule has 1 fully saturated rings. The van der Waals surface area contributed by atoms with E-state index in [1.54, 1.807) is 7.11 Å². The Hall–Kier alpha value is -0.493. The van der Waals surface area contributed by atoms with Crippen molar-refractivity contribution in [2.24, 2.45) is 0 Å². The van der Waals surface area contributed by atoms with Crippen molar-refractivity contribution in [3.8, 4) is 0 Å². The number of H-pyrrole nitrogens is 1. The van der Waals surface area contributed by atoms with Crippen LogP contribution in [0.5, 0.6) is 0 Å². The highest BCUT2D eigenvalue weighted by atomic mass is 127. The van der Waals surface area contributed by atoms with Crippen molar-refractivity contribution in [3.05, 3.63) is 33.1 Å². The Bertz CT molecular complexity index is 786. The van der Waals surface area contributed by atoms with Crippen LogP contribution in [0.3, 0.4) is 0 Å². The maximum Gasteiger partial charge on any atom is 0.330 e. The smallest absolute Gasteiger partial charge is 0.330 e. The van der Waals surface area contributed by atoms with Gasteiger partial charge in [0.1, 0.15) is 12.2 Å². The first-order chi connectivity index (χ1) is 13.4. The molecule has 2 unspecified atom stereocenters. The van der Waals surface area contributed by atoms with Crippen LogP contribution in [-0.2, 0) is 13.9 Å². The molecule has 1 aromatic rings. The Kier molecular flexibility index (Phi) is 8.33. The van der Waals surface area contributed by atoms with Crippen molar-refractivity contribution >= 4 is 30.9 Å². The fraction of sp³-hybridized carbons (Fsp3) is 0.800. The summed E-state index contributed by atoms with van der Waals surface area (Å²) in [6.07, 6.45) is 2.89. The Balaban J connectivity index is 2.36. The predicted molar refractivity (Wildman–Crippen MR) is 125 cm³/mol. The summed E-state index contributed by atoms with van der Waals surface area (Å²) in [6.45, 7) is 13.2. The second kappa shape index (κ2) is 9.76. The van der Waals surface area contributed by atoms with Crippen LogP contribution in [0.4, 0.5) is 0 Å². The molecule has 1 aromatic heterocycles. The monoisotopic (exact) mass is 538 g/mol. The molecule has 2 heterocycles. The molecule has 0 saturated carbocycles. The second-order valence-corrected chi connectivity index (χ2v) is 16.2. The lowest BCUT2D eigenvalue weighted by atomic mass is 10.0. The molecule has 5 atom stereocenters. The summed E-state index contributed by atoms with van der Waals surface area (Å²) in [6, 6.07) is 1.33. The van der Waals surface area contributed by atoms with Crippen LogP contribution in [0, 0.1) is 0 Å². The Morgan fingerprint density at radius 2 is 1.97 bits per heavy atom. The third-order valence-electron chi connectivity index (χ3n) is 6.01. The summed E-state index contributed by atoms with van der Waals surface area (Å²) in [5, 5.41) is 0.0411. The molecule has 1 aliphatic heterocycles. The third-order valence-corrected chi connectivity index (χ3v) is 11.1. The zero-order valence-corrected chi connectivity index (χ0v) is 21.7. The minimum absolute atomic E-state index is 0.0411. The normalized spacial score (nSPS) is 26.6. The summed E-state index contributed by atoms with van der Waals surface area (Å²) in [5.74, 6) is 0. The summed E-state index contributed by atoms with van der Waals surface area (Å²) in [4.78, 5) is 26.2. The quantitative estimate of drug-likeness (QED) is 0.309. The zero-order valence-electron chi connectivity index (χ0n) is 18.5. The molecule has 0 amide bonds. The van der Waals surface area contributed by atoms with Crippen LogP contribution in [0.1, 0.15) is 53.2 Å². The Labute approximate surface area is 187 Å². The fourth-order valence-corrected chi connectivity index (χ4v) is 5.06. The maximum atomic E-state index is 12.4. The van der Waals surface area contributed by atoms with Crippen molar-refractivity contribution in [1.82, 2.24) is 9.55 Å². The molecule has 0 spiro atoms. The lowest BCUT2D eigenvalue weighted by molar-refractivity contribution is -0.0549. The van der Waals surface area contributed by atoms with E-state index in [9.17, 15) is 9.59 Å². The summed E-state index contributed by atoms with van der Waals surface area (Å²) in [5.41, 5.74) is -0.933. The van der Waals surface area contributed by atoms with Crippen LogP contribution >= 0.6 is 22.6 Å². The minimum Gasteiger partial charge on any atom is -0.408 e. The van der Waals surface area contributed by atoms with E-state index in [-0.39, 0.29) is 17.2 Å². The van der Waals surface area contributed by atoms with Gasteiger partial charge in [0, 0.05) is 23.3 Å². The molecular formula is C20H35IN2O5Si. The summed E-state index contributed by atoms with van der Waals surface area (Å²) < 4.78 is 20.9. The van der Waals surface area contributed by atoms with Crippen LogP contribution in [0.25, 0.3) is 0 Å². The molecule has 1 saturated heterocycles. The fourth-order valence-electron chi connectivity index (χ4n) is 3.30. The van der Waals surface area contributed by atoms with E-state index < -0.39 is 31.9 Å². The second-order valence-electron chi connectivity index (χ2n) is 9.34. The van der Waals surface area contributed by atoms with Gasteiger partial charge < -0.3 is 13.9 Å². The zero-order chi connectivity index (χ0) is 22.0. The first-order valence-corrected chi connectivity index (χ1v) is 14.3. The van der Waals surface area contributed by atoms with Gasteiger partial charge in [-0.25, -0.2) is 4.79 Å². The molecular weight excluding hydrogens is 503 g/mol. The largest absolute Gasteiger partial charge is 0.408 e.